The summed E-state index contributed by atoms with van der Waals surface area (Å²) in [7, 11) is 0. The number of para-hydroxylation sites is 1. The third-order valence-electron chi connectivity index (χ3n) is 14.0. The fourth-order valence-electron chi connectivity index (χ4n) is 8.99. The Morgan fingerprint density at radius 1 is 0.509 bits per heavy atom. The van der Waals surface area contributed by atoms with Gasteiger partial charge in [-0.3, -0.25) is 39.8 Å². The predicted octanol–water partition coefficient (Wildman–Crippen LogP) is 20.5. The molecule has 0 radical (unpaired) electrons. The molecule has 13 rings (SSSR count). The highest BCUT2D eigenvalue weighted by molar-refractivity contribution is 9.11. The van der Waals surface area contributed by atoms with E-state index in [0.717, 1.165) is 28.2 Å². The van der Waals surface area contributed by atoms with E-state index in [1.54, 1.807) is 73.1 Å². The molecule has 36 heteroatoms. The third kappa shape index (κ3) is 23.9. The van der Waals surface area contributed by atoms with E-state index in [0.29, 0.717) is 83.3 Å². The molecule has 0 aliphatic carbocycles. The van der Waals surface area contributed by atoms with E-state index in [1.165, 1.54) is 78.5 Å². The van der Waals surface area contributed by atoms with Crippen molar-refractivity contribution in [3.05, 3.63) is 302 Å². The van der Waals surface area contributed by atoms with Crippen LogP contribution in [0.4, 0.5) is 64.9 Å². The Bertz CT molecular complexity index is 5390. The van der Waals surface area contributed by atoms with Crippen LogP contribution in [0.3, 0.4) is 0 Å². The summed E-state index contributed by atoms with van der Waals surface area (Å²) in [6, 6.07) is 44.9. The van der Waals surface area contributed by atoms with Crippen LogP contribution in [0.25, 0.3) is 45.9 Å². The van der Waals surface area contributed by atoms with Crippen LogP contribution in [-0.4, -0.2) is 82.6 Å². The number of benzene rings is 9. The molecular weight excluding hydrogens is 1720 g/mol. The molecule has 0 aliphatic rings. The largest absolute Gasteiger partial charge is 0.508 e. The van der Waals surface area contributed by atoms with Crippen LogP contribution < -0.4 is 16.0 Å². The summed E-state index contributed by atoms with van der Waals surface area (Å²) in [5.41, 5.74) is 1.59. The minimum atomic E-state index is -4.95. The smallest absolute Gasteiger partial charge is 0.423 e. The average molecular weight is 1770 g/mol. The maximum atomic E-state index is 13.4. The molecular formula is C74H54Br4F7N11O14. The molecule has 0 fully saturated rings. The van der Waals surface area contributed by atoms with E-state index in [9.17, 15) is 81.0 Å². The number of nitrogens with zero attached hydrogens (tertiary/aromatic N) is 8. The maximum Gasteiger partial charge on any atom is 0.423 e. The number of phenolic OH excluding ortho intramolecular Hbond substituents is 5. The molecule has 0 unspecified atom stereocenters. The number of nitro groups is 2. The van der Waals surface area contributed by atoms with Gasteiger partial charge in [-0.25, -0.2) is 17.6 Å². The summed E-state index contributed by atoms with van der Waals surface area (Å²) < 4.78 is 104. The average Bonchev–Trinajstić information content (AvgIpc) is 1.56. The van der Waals surface area contributed by atoms with Crippen molar-refractivity contribution in [1.29, 1.82) is 0 Å². The van der Waals surface area contributed by atoms with Gasteiger partial charge < -0.3 is 55.5 Å². The zero-order valence-corrected chi connectivity index (χ0v) is 61.7. The van der Waals surface area contributed by atoms with Gasteiger partial charge in [-0.15, -0.1) is 10.2 Å². The molecule has 13 aromatic rings. The van der Waals surface area contributed by atoms with E-state index in [4.69, 9.17) is 19.2 Å². The molecule has 0 atom stereocenters. The summed E-state index contributed by atoms with van der Waals surface area (Å²) in [5, 5.41) is 96.4. The number of hydrogen-bond donors (Lipinski definition) is 9. The molecule has 0 saturated carbocycles. The zero-order chi connectivity index (χ0) is 79.4. The third-order valence-corrected chi connectivity index (χ3v) is 16.8. The minimum absolute atomic E-state index is 0. The van der Waals surface area contributed by atoms with E-state index in [1.807, 2.05) is 43.4 Å². The number of phenols is 5. The standard InChI is InChI=1S/C14H8BrF3N2O4.C14H8BrN3O4.C13H7BrF3NO2.C13H8BrN3O2.C11H9FN2O.C8H10O.CH4/c15-11-3-2-8(21)6-9(11)13(22)19-7-1-4-12(20(23)24)10(5-7)14(16,17)18;15-11-6-5-8(19)7-10(11)14-17-16-13(22-14)9-3-1-2-4-12(9)18(20)21;14-9-2-1-7(19)5-8(9)13(20)18-12-10(16)3-6(15)4-11(12)17;14-10-5-4-8(18)7-9(10)13-16-12(17-19-13)11-3-1-2-6-15-11;12-8-2-1-3-9(4-8)14-10-5-11(15)7-13-6-10;1-6-3-4-8(9)7(2)5-6;/h1-6,21H,(H,19,22);1-7,19H;1-5,19H,(H,18,20);1-7,18H;1-7,14-15H;3-5,9H,1-2H3;1H4. The van der Waals surface area contributed by atoms with Crippen molar-refractivity contribution in [3.8, 4) is 80.4 Å². The maximum absolute atomic E-state index is 13.4. The molecule has 0 bridgehead atoms. The number of nitro benzene ring substituents is 2. The molecule has 0 aliphatic heterocycles. The number of rotatable bonds is 12. The van der Waals surface area contributed by atoms with Crippen molar-refractivity contribution >= 4 is 110 Å². The molecule has 2 amide bonds. The highest BCUT2D eigenvalue weighted by atomic mass is 79.9. The molecule has 0 saturated heterocycles. The fourth-order valence-corrected chi connectivity index (χ4v) is 10.7. The van der Waals surface area contributed by atoms with E-state index in [2.05, 4.69) is 105 Å². The first-order valence-corrected chi connectivity index (χ1v) is 33.7. The van der Waals surface area contributed by atoms with Gasteiger partial charge in [0.1, 0.15) is 68.6 Å². The van der Waals surface area contributed by atoms with Crippen LogP contribution in [0.5, 0.6) is 34.5 Å². The zero-order valence-electron chi connectivity index (χ0n) is 55.4. The number of nitrogens with one attached hydrogen (secondary N) is 3. The highest BCUT2D eigenvalue weighted by Crippen LogP contribution is 2.39. The molecule has 4 aromatic heterocycles. The van der Waals surface area contributed by atoms with Crippen LogP contribution >= 0.6 is 63.7 Å². The SMILES string of the molecule is C.Cc1ccc(O)c(C)c1.O=C(Nc1c(F)cc(F)cc1F)c1cc(O)ccc1Br.O=C(Nc1ccc([N+](=O)[O-])c(C(F)(F)F)c1)c1cc(O)ccc1Br.O=[N+]([O-])c1ccccc1-c1nnc(-c2cc(O)ccc2Br)o1.Oc1ccc(Br)c(-c2nc(-c3ccccn3)no2)c1.Oc1cncc(Nc2cccc(F)c2)c1. The quantitative estimate of drug-likeness (QED) is 0.0312. The Morgan fingerprint density at radius 3 is 1.61 bits per heavy atom. The van der Waals surface area contributed by atoms with Crippen LogP contribution in [-0.2, 0) is 6.18 Å². The number of aryl methyl sites for hydroxylation is 2. The lowest BCUT2D eigenvalue weighted by Gasteiger charge is -2.11. The number of aromatic hydroxyl groups is 6. The second-order valence-corrected chi connectivity index (χ2v) is 25.4. The summed E-state index contributed by atoms with van der Waals surface area (Å²) in [4.78, 5) is 56.3. The molecule has 25 nitrogen and oxygen atoms in total. The number of hydrogen-bond acceptors (Lipinski definition) is 21. The van der Waals surface area contributed by atoms with Crippen LogP contribution in [0.2, 0.25) is 0 Å². The van der Waals surface area contributed by atoms with Crippen molar-refractivity contribution in [2.75, 3.05) is 16.0 Å². The second-order valence-electron chi connectivity index (χ2n) is 22.0. The molecule has 4 heterocycles. The topological polar surface area (TPSA) is 382 Å². The number of anilines is 4. The summed E-state index contributed by atoms with van der Waals surface area (Å²) in [6.45, 7) is 3.90. The number of carbonyl (C=O) groups is 2. The first kappa shape index (κ1) is 84.6. The number of pyridine rings is 2. The first-order valence-electron chi connectivity index (χ1n) is 30.5. The lowest BCUT2D eigenvalue weighted by atomic mass is 10.1. The van der Waals surface area contributed by atoms with Gasteiger partial charge in [0.25, 0.3) is 35.0 Å². The van der Waals surface area contributed by atoms with Crippen molar-refractivity contribution in [2.24, 2.45) is 0 Å². The number of aromatic nitrogens is 6. The van der Waals surface area contributed by atoms with E-state index >= 15 is 0 Å². The van der Waals surface area contributed by atoms with Crippen molar-refractivity contribution < 1.29 is 89.7 Å². The molecule has 110 heavy (non-hydrogen) atoms. The molecule has 9 aromatic carbocycles. The normalized spacial score (nSPS) is 10.4. The van der Waals surface area contributed by atoms with Gasteiger partial charge >= 0.3 is 6.18 Å². The minimum Gasteiger partial charge on any atom is -0.508 e. The van der Waals surface area contributed by atoms with Crippen LogP contribution in [0.15, 0.2) is 240 Å². The Morgan fingerprint density at radius 2 is 1.06 bits per heavy atom. The van der Waals surface area contributed by atoms with Crippen LogP contribution in [0, 0.1) is 57.3 Å². The van der Waals surface area contributed by atoms with Crippen LogP contribution in [0.1, 0.15) is 44.8 Å². The van der Waals surface area contributed by atoms with Gasteiger partial charge in [-0.1, -0.05) is 54.5 Å². The van der Waals surface area contributed by atoms with Crippen molar-refractivity contribution in [3.63, 3.8) is 0 Å². The molecule has 9 N–H and O–H groups in total. The van der Waals surface area contributed by atoms with Gasteiger partial charge in [-0.2, -0.15) is 18.2 Å². The number of alkyl halides is 3. The number of amides is 2. The lowest BCUT2D eigenvalue weighted by Crippen LogP contribution is -2.15. The second kappa shape index (κ2) is 38.7. The van der Waals surface area contributed by atoms with E-state index < -0.39 is 62.2 Å². The van der Waals surface area contributed by atoms with Gasteiger partial charge in [0, 0.05) is 65.8 Å². The van der Waals surface area contributed by atoms with E-state index in [-0.39, 0.29) is 81.8 Å². The van der Waals surface area contributed by atoms with Gasteiger partial charge in [0.15, 0.2) is 11.6 Å². The lowest BCUT2D eigenvalue weighted by molar-refractivity contribution is -0.388. The van der Waals surface area contributed by atoms with Gasteiger partial charge in [0.2, 0.25) is 11.7 Å². The fraction of sp³-hybridized carbons (Fsp3) is 0.0541. The van der Waals surface area contributed by atoms with Crippen molar-refractivity contribution in [1.82, 2.24) is 30.3 Å². The Balaban J connectivity index is 0.000000186. The summed E-state index contributed by atoms with van der Waals surface area (Å²) in [5.74, 6) is -4.35. The Hall–Kier alpha value is -12.7. The number of halogens is 11. The van der Waals surface area contributed by atoms with Gasteiger partial charge in [-0.05, 0) is 211 Å². The molecule has 566 valence electrons. The monoisotopic (exact) mass is 1770 g/mol. The van der Waals surface area contributed by atoms with Gasteiger partial charge in [0.05, 0.1) is 50.2 Å². The predicted molar refractivity (Wildman–Crippen MR) is 405 cm³/mol. The number of carbonyl (C=O) groups excluding carboxylic acids is 2. The Kier molecular flexibility index (Phi) is 29.8. The first-order chi connectivity index (χ1) is 51.7. The highest BCUT2D eigenvalue weighted by Gasteiger charge is 2.39. The summed E-state index contributed by atoms with van der Waals surface area (Å²) >= 11 is 12.9. The summed E-state index contributed by atoms with van der Waals surface area (Å²) in [6.07, 6.45) is -0.411. The molecule has 0 spiro atoms. The Labute approximate surface area is 651 Å². The van der Waals surface area contributed by atoms with Crippen molar-refractivity contribution in [2.45, 2.75) is 27.5 Å².